The number of carbonyl (C=O) groups excluding carboxylic acids is 2. The number of amides is 2. The first kappa shape index (κ1) is 21.0. The minimum absolute atomic E-state index is 0.177. The summed E-state index contributed by atoms with van der Waals surface area (Å²) in [6, 6.07) is 13.5. The Balaban J connectivity index is 1.83. The number of hydrogen-bond donors (Lipinski definition) is 2. The summed E-state index contributed by atoms with van der Waals surface area (Å²) in [5, 5.41) is 5.77. The van der Waals surface area contributed by atoms with Crippen molar-refractivity contribution in [2.75, 3.05) is 11.6 Å². The van der Waals surface area contributed by atoms with E-state index >= 15 is 0 Å². The molecule has 2 aromatic heterocycles. The first-order valence-corrected chi connectivity index (χ1v) is 11.1. The van der Waals surface area contributed by atoms with Crippen molar-refractivity contribution >= 4 is 40.8 Å². The third-order valence-electron chi connectivity index (χ3n) is 4.19. The van der Waals surface area contributed by atoms with Gasteiger partial charge in [-0.05, 0) is 47.6 Å². The second-order valence-electron chi connectivity index (χ2n) is 6.62. The van der Waals surface area contributed by atoms with E-state index < -0.39 is 0 Å². The van der Waals surface area contributed by atoms with E-state index in [0.717, 1.165) is 17.1 Å². The van der Waals surface area contributed by atoms with Gasteiger partial charge in [-0.15, -0.1) is 11.8 Å². The maximum Gasteiger partial charge on any atom is 0.265 e. The number of benzene rings is 1. The molecule has 2 N–H and O–H groups in total. The van der Waals surface area contributed by atoms with Crippen molar-refractivity contribution in [1.29, 1.82) is 0 Å². The highest BCUT2D eigenvalue weighted by atomic mass is 32.2. The Kier molecular flexibility index (Phi) is 7.00. The van der Waals surface area contributed by atoms with E-state index in [2.05, 4.69) is 20.0 Å². The molecule has 0 saturated heterocycles. The number of thioether (sulfide) groups is 1. The lowest BCUT2D eigenvalue weighted by molar-refractivity contribution is -0.118. The third-order valence-corrected chi connectivity index (χ3v) is 5.78. The molecule has 0 spiro atoms. The lowest BCUT2D eigenvalue weighted by Gasteiger charge is -2.11. The normalized spacial score (nSPS) is 10.8. The van der Waals surface area contributed by atoms with E-state index in [1.165, 1.54) is 4.90 Å². The van der Waals surface area contributed by atoms with E-state index in [9.17, 15) is 9.59 Å². The van der Waals surface area contributed by atoms with Gasteiger partial charge >= 0.3 is 0 Å². The molecule has 0 aliphatic heterocycles. The number of nitrogens with zero attached hydrogens (tertiary/aromatic N) is 2. The summed E-state index contributed by atoms with van der Waals surface area (Å²) in [5.41, 5.74) is 2.51. The van der Waals surface area contributed by atoms with Gasteiger partial charge < -0.3 is 10.6 Å². The van der Waals surface area contributed by atoms with Crippen molar-refractivity contribution in [3.05, 3.63) is 59.1 Å². The van der Waals surface area contributed by atoms with Crippen molar-refractivity contribution in [2.45, 2.75) is 25.3 Å². The Morgan fingerprint density at radius 1 is 1.14 bits per heavy atom. The van der Waals surface area contributed by atoms with Crippen LogP contribution in [0.4, 0.5) is 5.69 Å². The summed E-state index contributed by atoms with van der Waals surface area (Å²) < 4.78 is 4.40. The minimum Gasteiger partial charge on any atom is -0.347 e. The van der Waals surface area contributed by atoms with Crippen LogP contribution < -0.4 is 10.6 Å². The summed E-state index contributed by atoms with van der Waals surface area (Å²) in [6.45, 7) is 3.99. The van der Waals surface area contributed by atoms with Gasteiger partial charge in [0.25, 0.3) is 5.91 Å². The fourth-order valence-electron chi connectivity index (χ4n) is 2.51. The number of nitrogens with one attached hydrogen (secondary N) is 2. The Morgan fingerprint density at radius 2 is 1.90 bits per heavy atom. The van der Waals surface area contributed by atoms with Gasteiger partial charge in [-0.25, -0.2) is 0 Å². The van der Waals surface area contributed by atoms with Crippen LogP contribution in [-0.4, -0.2) is 27.4 Å². The van der Waals surface area contributed by atoms with Gasteiger partial charge in [0.2, 0.25) is 5.91 Å². The highest BCUT2D eigenvalue weighted by Gasteiger charge is 2.24. The SMILES string of the molecule is CSc1ccc(CNC(=O)c2snc(-c3ccccn3)c2NC(=O)C(C)C)cc1. The van der Waals surface area contributed by atoms with E-state index in [1.807, 2.05) is 36.6 Å². The molecule has 0 aliphatic carbocycles. The lowest BCUT2D eigenvalue weighted by Crippen LogP contribution is -2.25. The summed E-state index contributed by atoms with van der Waals surface area (Å²) in [5.74, 6) is -0.681. The number of anilines is 1. The number of hydrogen-bond acceptors (Lipinski definition) is 6. The van der Waals surface area contributed by atoms with Gasteiger partial charge in [-0.3, -0.25) is 14.6 Å². The fourth-order valence-corrected chi connectivity index (χ4v) is 3.68. The minimum atomic E-state index is -0.280. The average molecular weight is 427 g/mol. The topological polar surface area (TPSA) is 84.0 Å². The molecule has 29 heavy (non-hydrogen) atoms. The number of rotatable bonds is 7. The molecule has 0 bridgehead atoms. The van der Waals surface area contributed by atoms with Crippen LogP contribution in [0.2, 0.25) is 0 Å². The number of pyridine rings is 1. The summed E-state index contributed by atoms with van der Waals surface area (Å²) in [4.78, 5) is 31.0. The van der Waals surface area contributed by atoms with Gasteiger partial charge in [0.1, 0.15) is 10.6 Å². The van der Waals surface area contributed by atoms with E-state index in [0.29, 0.717) is 28.5 Å². The molecule has 150 valence electrons. The highest BCUT2D eigenvalue weighted by Crippen LogP contribution is 2.32. The van der Waals surface area contributed by atoms with Crippen LogP contribution in [0.1, 0.15) is 29.1 Å². The molecule has 0 fully saturated rings. The van der Waals surface area contributed by atoms with Crippen LogP contribution in [0.15, 0.2) is 53.6 Å². The van der Waals surface area contributed by atoms with Crippen molar-refractivity contribution in [2.24, 2.45) is 5.92 Å². The standard InChI is InChI=1S/C21H22N4O2S2/c1-13(2)20(26)24-18-17(16-6-4-5-11-22-16)25-29-19(18)21(27)23-12-14-7-9-15(28-3)10-8-14/h4-11,13H,12H2,1-3H3,(H,23,27)(H,24,26). The maximum atomic E-state index is 12.8. The van der Waals surface area contributed by atoms with E-state index in [4.69, 9.17) is 0 Å². The average Bonchev–Trinajstić information content (AvgIpc) is 3.16. The van der Waals surface area contributed by atoms with Crippen LogP contribution in [0, 0.1) is 5.92 Å². The molecule has 0 saturated carbocycles. The van der Waals surface area contributed by atoms with Crippen LogP contribution in [0.25, 0.3) is 11.4 Å². The molecule has 0 aliphatic rings. The second kappa shape index (κ2) is 9.67. The Morgan fingerprint density at radius 3 is 2.52 bits per heavy atom. The molecule has 8 heteroatoms. The molecule has 0 unspecified atom stereocenters. The monoisotopic (exact) mass is 426 g/mol. The summed E-state index contributed by atoms with van der Waals surface area (Å²) in [6.07, 6.45) is 3.67. The Bertz CT molecular complexity index is 986. The third kappa shape index (κ3) is 5.21. The van der Waals surface area contributed by atoms with Gasteiger partial charge in [0.05, 0.1) is 11.4 Å². The first-order chi connectivity index (χ1) is 14.0. The maximum absolute atomic E-state index is 12.8. The molecule has 0 atom stereocenters. The van der Waals surface area contributed by atoms with Crippen molar-refractivity contribution < 1.29 is 9.59 Å². The zero-order valence-corrected chi connectivity index (χ0v) is 18.1. The Hall–Kier alpha value is -2.71. The van der Waals surface area contributed by atoms with Gasteiger partial charge in [-0.1, -0.05) is 32.0 Å². The highest BCUT2D eigenvalue weighted by molar-refractivity contribution is 7.98. The smallest absolute Gasteiger partial charge is 0.265 e. The van der Waals surface area contributed by atoms with E-state index in [1.54, 1.807) is 43.9 Å². The van der Waals surface area contributed by atoms with E-state index in [-0.39, 0.29) is 17.7 Å². The van der Waals surface area contributed by atoms with Crippen LogP contribution >= 0.6 is 23.3 Å². The fraction of sp³-hybridized carbons (Fsp3) is 0.238. The summed E-state index contributed by atoms with van der Waals surface area (Å²) >= 11 is 2.72. The quantitative estimate of drug-likeness (QED) is 0.545. The molecule has 0 radical (unpaired) electrons. The predicted octanol–water partition coefficient (Wildman–Crippen LogP) is 4.45. The van der Waals surface area contributed by atoms with Gasteiger partial charge in [-0.2, -0.15) is 4.37 Å². The van der Waals surface area contributed by atoms with Crippen molar-refractivity contribution in [3.63, 3.8) is 0 Å². The molecule has 3 aromatic rings. The molecule has 1 aromatic carbocycles. The zero-order valence-electron chi connectivity index (χ0n) is 16.4. The molecule has 2 amide bonds. The molecular formula is C21H22N4O2S2. The van der Waals surface area contributed by atoms with Gasteiger partial charge in [0.15, 0.2) is 0 Å². The predicted molar refractivity (Wildman–Crippen MR) is 118 cm³/mol. The van der Waals surface area contributed by atoms with Crippen LogP contribution in [-0.2, 0) is 11.3 Å². The van der Waals surface area contributed by atoms with Crippen molar-refractivity contribution in [1.82, 2.24) is 14.7 Å². The number of carbonyl (C=O) groups is 2. The molecule has 6 nitrogen and oxygen atoms in total. The molecular weight excluding hydrogens is 404 g/mol. The largest absolute Gasteiger partial charge is 0.347 e. The summed E-state index contributed by atoms with van der Waals surface area (Å²) in [7, 11) is 0. The van der Waals surface area contributed by atoms with Crippen LogP contribution in [0.5, 0.6) is 0 Å². The molecule has 3 rings (SSSR count). The van der Waals surface area contributed by atoms with Gasteiger partial charge in [0, 0.05) is 23.6 Å². The first-order valence-electron chi connectivity index (χ1n) is 9.12. The van der Waals surface area contributed by atoms with Crippen molar-refractivity contribution in [3.8, 4) is 11.4 Å². The molecule has 2 heterocycles. The lowest BCUT2D eigenvalue weighted by atomic mass is 10.1. The second-order valence-corrected chi connectivity index (χ2v) is 8.28. The zero-order chi connectivity index (χ0) is 20.8. The Labute approximate surface area is 178 Å². The van der Waals surface area contributed by atoms with Crippen LogP contribution in [0.3, 0.4) is 0 Å². The number of aromatic nitrogens is 2.